The largest absolute Gasteiger partial charge is 0.330 e. The Kier molecular flexibility index (Phi) is 4.13. The van der Waals surface area contributed by atoms with Gasteiger partial charge in [0.2, 0.25) is 0 Å². The van der Waals surface area contributed by atoms with Crippen molar-refractivity contribution in [1.29, 1.82) is 0 Å². The Bertz CT molecular complexity index is 453. The van der Waals surface area contributed by atoms with Crippen LogP contribution in [0.2, 0.25) is 5.02 Å². The number of hydrogen-bond acceptors (Lipinski definition) is 2. The van der Waals surface area contributed by atoms with Crippen LogP contribution in [0.25, 0.3) is 0 Å². The van der Waals surface area contributed by atoms with E-state index in [0.717, 1.165) is 11.4 Å². The first-order valence-corrected chi connectivity index (χ1v) is 6.02. The Morgan fingerprint density at radius 2 is 1.71 bits per heavy atom. The Hall–Kier alpha value is -1.38. The number of nitrogens with zero attached hydrogens (tertiary/aromatic N) is 1. The average Bonchev–Trinajstić information content (AvgIpc) is 2.38. The van der Waals surface area contributed by atoms with Gasteiger partial charge in [-0.3, -0.25) is 4.98 Å². The van der Waals surface area contributed by atoms with E-state index in [0.29, 0.717) is 12.5 Å². The molecule has 0 aliphatic rings. The summed E-state index contributed by atoms with van der Waals surface area (Å²) in [7, 11) is 0. The second-order valence-corrected chi connectivity index (χ2v) is 4.48. The summed E-state index contributed by atoms with van der Waals surface area (Å²) in [5.74, 6) is 0.328. The van der Waals surface area contributed by atoms with Crippen LogP contribution in [0.3, 0.4) is 0 Å². The van der Waals surface area contributed by atoms with E-state index in [1.54, 1.807) is 0 Å². The molecule has 1 atom stereocenters. The predicted octanol–water partition coefficient (Wildman–Crippen LogP) is 3.02. The highest BCUT2D eigenvalue weighted by molar-refractivity contribution is 6.30. The molecule has 0 fully saturated rings. The monoisotopic (exact) mass is 246 g/mol. The van der Waals surface area contributed by atoms with E-state index < -0.39 is 0 Å². The van der Waals surface area contributed by atoms with Crippen LogP contribution in [-0.4, -0.2) is 11.5 Å². The fraction of sp³-hybridized carbons (Fsp3) is 0.214. The summed E-state index contributed by atoms with van der Waals surface area (Å²) in [4.78, 5) is 4.01. The van der Waals surface area contributed by atoms with Crippen molar-refractivity contribution >= 4 is 11.6 Å². The maximum absolute atomic E-state index is 5.88. The summed E-state index contributed by atoms with van der Waals surface area (Å²) in [6.07, 6.45) is 4.55. The SMILES string of the molecule is NCC(Cc1ccncc1)c1ccc(Cl)cc1. The molecule has 1 aromatic carbocycles. The van der Waals surface area contributed by atoms with Gasteiger partial charge in [0.1, 0.15) is 0 Å². The van der Waals surface area contributed by atoms with E-state index in [9.17, 15) is 0 Å². The first kappa shape index (κ1) is 12.1. The third-order valence-corrected chi connectivity index (χ3v) is 3.11. The first-order valence-electron chi connectivity index (χ1n) is 5.64. The lowest BCUT2D eigenvalue weighted by Crippen LogP contribution is -2.15. The molecule has 3 heteroatoms. The molecule has 0 bridgehead atoms. The summed E-state index contributed by atoms with van der Waals surface area (Å²) in [6.45, 7) is 0.629. The van der Waals surface area contributed by atoms with E-state index in [-0.39, 0.29) is 0 Å². The summed E-state index contributed by atoms with van der Waals surface area (Å²) < 4.78 is 0. The molecule has 0 spiro atoms. The van der Waals surface area contributed by atoms with Crippen molar-refractivity contribution in [2.45, 2.75) is 12.3 Å². The molecule has 2 nitrogen and oxygen atoms in total. The zero-order chi connectivity index (χ0) is 12.1. The smallest absolute Gasteiger partial charge is 0.0406 e. The second-order valence-electron chi connectivity index (χ2n) is 4.04. The maximum atomic E-state index is 5.88. The third-order valence-electron chi connectivity index (χ3n) is 2.86. The summed E-state index contributed by atoms with van der Waals surface area (Å²) >= 11 is 5.88. The molecule has 0 radical (unpaired) electrons. The number of halogens is 1. The van der Waals surface area contributed by atoms with Gasteiger partial charge in [-0.1, -0.05) is 23.7 Å². The molecule has 0 saturated heterocycles. The van der Waals surface area contributed by atoms with Gasteiger partial charge in [-0.05, 0) is 48.4 Å². The van der Waals surface area contributed by atoms with Gasteiger partial charge in [0.05, 0.1) is 0 Å². The van der Waals surface area contributed by atoms with Crippen molar-refractivity contribution in [3.63, 3.8) is 0 Å². The van der Waals surface area contributed by atoms with Crippen LogP contribution < -0.4 is 5.73 Å². The lowest BCUT2D eigenvalue weighted by Gasteiger charge is -2.15. The van der Waals surface area contributed by atoms with Crippen molar-refractivity contribution in [2.75, 3.05) is 6.54 Å². The Balaban J connectivity index is 2.14. The second kappa shape index (κ2) is 5.80. The third kappa shape index (κ3) is 3.29. The first-order chi connectivity index (χ1) is 8.29. The molecule has 1 heterocycles. The molecule has 0 aliphatic heterocycles. The molecule has 0 saturated carbocycles. The highest BCUT2D eigenvalue weighted by atomic mass is 35.5. The molecule has 0 aliphatic carbocycles. The molecular formula is C14H15ClN2. The van der Waals surface area contributed by atoms with Crippen molar-refractivity contribution in [3.8, 4) is 0 Å². The molecule has 0 amide bonds. The number of benzene rings is 1. The minimum absolute atomic E-state index is 0.328. The van der Waals surface area contributed by atoms with Gasteiger partial charge in [0.15, 0.2) is 0 Å². The average molecular weight is 247 g/mol. The molecule has 1 unspecified atom stereocenters. The Morgan fingerprint density at radius 1 is 1.06 bits per heavy atom. The molecule has 2 N–H and O–H groups in total. The predicted molar refractivity (Wildman–Crippen MR) is 71.2 cm³/mol. The zero-order valence-corrected chi connectivity index (χ0v) is 10.3. The van der Waals surface area contributed by atoms with Crippen LogP contribution in [0.5, 0.6) is 0 Å². The Morgan fingerprint density at radius 3 is 2.29 bits per heavy atom. The quantitative estimate of drug-likeness (QED) is 0.901. The van der Waals surface area contributed by atoms with Crippen molar-refractivity contribution in [2.24, 2.45) is 5.73 Å². The van der Waals surface area contributed by atoms with Crippen LogP contribution >= 0.6 is 11.6 Å². The van der Waals surface area contributed by atoms with Crippen molar-refractivity contribution in [3.05, 3.63) is 64.9 Å². The standard InChI is InChI=1S/C14H15ClN2/c15-14-3-1-12(2-4-14)13(10-16)9-11-5-7-17-8-6-11/h1-8,13H,9-10,16H2. The van der Waals surface area contributed by atoms with Gasteiger partial charge >= 0.3 is 0 Å². The number of aromatic nitrogens is 1. The van der Waals surface area contributed by atoms with Gasteiger partial charge in [0.25, 0.3) is 0 Å². The van der Waals surface area contributed by atoms with Crippen LogP contribution in [0.1, 0.15) is 17.0 Å². The van der Waals surface area contributed by atoms with E-state index in [1.807, 2.05) is 48.8 Å². The molecule has 1 aromatic heterocycles. The van der Waals surface area contributed by atoms with E-state index in [2.05, 4.69) is 4.98 Å². The summed E-state index contributed by atoms with van der Waals surface area (Å²) in [5.41, 5.74) is 8.33. The number of hydrogen-bond donors (Lipinski definition) is 1. The van der Waals surface area contributed by atoms with E-state index in [4.69, 9.17) is 17.3 Å². The minimum atomic E-state index is 0.328. The number of rotatable bonds is 4. The lowest BCUT2D eigenvalue weighted by atomic mass is 9.92. The summed E-state index contributed by atoms with van der Waals surface area (Å²) in [6, 6.07) is 12.0. The Labute approximate surface area is 106 Å². The normalized spacial score (nSPS) is 12.4. The van der Waals surface area contributed by atoms with Gasteiger partial charge in [-0.2, -0.15) is 0 Å². The van der Waals surface area contributed by atoms with Crippen LogP contribution in [0.4, 0.5) is 0 Å². The highest BCUT2D eigenvalue weighted by Crippen LogP contribution is 2.21. The topological polar surface area (TPSA) is 38.9 Å². The molecule has 2 aromatic rings. The number of nitrogens with two attached hydrogens (primary N) is 1. The molecule has 17 heavy (non-hydrogen) atoms. The van der Waals surface area contributed by atoms with Crippen LogP contribution in [-0.2, 0) is 6.42 Å². The maximum Gasteiger partial charge on any atom is 0.0406 e. The molecular weight excluding hydrogens is 232 g/mol. The van der Waals surface area contributed by atoms with Crippen LogP contribution in [0.15, 0.2) is 48.8 Å². The lowest BCUT2D eigenvalue weighted by molar-refractivity contribution is 0.694. The number of pyridine rings is 1. The fourth-order valence-corrected chi connectivity index (χ4v) is 2.00. The van der Waals surface area contributed by atoms with Gasteiger partial charge < -0.3 is 5.73 Å². The van der Waals surface area contributed by atoms with Crippen molar-refractivity contribution < 1.29 is 0 Å². The van der Waals surface area contributed by atoms with E-state index >= 15 is 0 Å². The molecule has 88 valence electrons. The summed E-state index contributed by atoms with van der Waals surface area (Å²) in [5, 5.41) is 0.758. The van der Waals surface area contributed by atoms with Gasteiger partial charge in [-0.25, -0.2) is 0 Å². The molecule has 2 rings (SSSR count). The zero-order valence-electron chi connectivity index (χ0n) is 9.51. The highest BCUT2D eigenvalue weighted by Gasteiger charge is 2.10. The van der Waals surface area contributed by atoms with Gasteiger partial charge in [0, 0.05) is 23.3 Å². The van der Waals surface area contributed by atoms with Crippen molar-refractivity contribution in [1.82, 2.24) is 4.98 Å². The van der Waals surface area contributed by atoms with Crippen LogP contribution in [0, 0.1) is 0 Å². The minimum Gasteiger partial charge on any atom is -0.330 e. The van der Waals surface area contributed by atoms with Gasteiger partial charge in [-0.15, -0.1) is 0 Å². The van der Waals surface area contributed by atoms with E-state index in [1.165, 1.54) is 11.1 Å². The fourth-order valence-electron chi connectivity index (χ4n) is 1.88.